The lowest BCUT2D eigenvalue weighted by molar-refractivity contribution is -0.138. The molecule has 4 heterocycles. The summed E-state index contributed by atoms with van der Waals surface area (Å²) in [6, 6.07) is 0. The maximum Gasteiger partial charge on any atom is 0.274 e. The molecular formula is C20H26N6O2. The van der Waals surface area contributed by atoms with Crippen LogP contribution < -0.4 is 0 Å². The van der Waals surface area contributed by atoms with Crippen LogP contribution >= 0.6 is 0 Å². The molecule has 148 valence electrons. The predicted octanol–water partition coefficient (Wildman–Crippen LogP) is 1.60. The van der Waals surface area contributed by atoms with E-state index in [1.807, 2.05) is 16.7 Å². The largest absolute Gasteiger partial charge is 0.348 e. The normalized spacial score (nSPS) is 22.7. The van der Waals surface area contributed by atoms with Gasteiger partial charge in [-0.3, -0.25) is 14.6 Å². The number of rotatable bonds is 4. The number of hydrogen-bond donors (Lipinski definition) is 1. The van der Waals surface area contributed by atoms with Crippen molar-refractivity contribution in [2.24, 2.45) is 5.41 Å². The van der Waals surface area contributed by atoms with E-state index in [2.05, 4.69) is 19.9 Å². The summed E-state index contributed by atoms with van der Waals surface area (Å²) in [6.07, 6.45) is 10.8. The van der Waals surface area contributed by atoms with E-state index < -0.39 is 0 Å². The van der Waals surface area contributed by atoms with E-state index in [9.17, 15) is 9.59 Å². The molecule has 2 amide bonds. The summed E-state index contributed by atoms with van der Waals surface area (Å²) < 4.78 is 0. The van der Waals surface area contributed by atoms with Crippen molar-refractivity contribution in [1.82, 2.24) is 29.7 Å². The van der Waals surface area contributed by atoms with Crippen LogP contribution in [-0.2, 0) is 11.2 Å². The number of aromatic amines is 1. The van der Waals surface area contributed by atoms with E-state index in [0.717, 1.165) is 43.6 Å². The molecule has 0 unspecified atom stereocenters. The standard InChI is InChI=1S/C20H26N6O2/c1-15-9-23-17(11-22-15)19(28)26-7-2-5-20(13-26)6-3-18(27)25(12-20)8-4-16-10-21-14-24-16/h9-11,14H,2-8,12-13H2,1H3,(H,21,24)/t20-/m1/s1. The second-order valence-electron chi connectivity index (χ2n) is 8.02. The summed E-state index contributed by atoms with van der Waals surface area (Å²) in [5, 5.41) is 0. The molecule has 2 aromatic heterocycles. The molecule has 0 bridgehead atoms. The summed E-state index contributed by atoms with van der Waals surface area (Å²) in [5.41, 5.74) is 2.20. The first-order valence-electron chi connectivity index (χ1n) is 9.88. The highest BCUT2D eigenvalue weighted by Gasteiger charge is 2.42. The van der Waals surface area contributed by atoms with Crippen molar-refractivity contribution < 1.29 is 9.59 Å². The first-order chi connectivity index (χ1) is 13.5. The SMILES string of the molecule is Cc1cnc(C(=O)N2CCC[C@]3(CCC(=O)N(CCc4cnc[nH]4)C3)C2)cn1. The van der Waals surface area contributed by atoms with Crippen LogP contribution in [0.4, 0.5) is 0 Å². The third-order valence-electron chi connectivity index (χ3n) is 5.90. The lowest BCUT2D eigenvalue weighted by Gasteiger charge is -2.48. The van der Waals surface area contributed by atoms with Crippen LogP contribution in [0.3, 0.4) is 0 Å². The Hall–Kier alpha value is -2.77. The van der Waals surface area contributed by atoms with Gasteiger partial charge in [-0.25, -0.2) is 9.97 Å². The summed E-state index contributed by atoms with van der Waals surface area (Å²) in [4.78, 5) is 44.8. The molecule has 2 fully saturated rings. The number of aromatic nitrogens is 4. The van der Waals surface area contributed by atoms with Gasteiger partial charge in [-0.2, -0.15) is 0 Å². The topological polar surface area (TPSA) is 95.1 Å². The van der Waals surface area contributed by atoms with E-state index in [4.69, 9.17) is 0 Å². The highest BCUT2D eigenvalue weighted by atomic mass is 16.2. The number of amides is 2. The number of likely N-dealkylation sites (tertiary alicyclic amines) is 2. The van der Waals surface area contributed by atoms with Crippen molar-refractivity contribution >= 4 is 11.8 Å². The number of nitrogens with one attached hydrogen (secondary N) is 1. The molecule has 1 atom stereocenters. The number of nitrogens with zero attached hydrogens (tertiary/aromatic N) is 5. The minimum Gasteiger partial charge on any atom is -0.348 e. The lowest BCUT2D eigenvalue weighted by Crippen LogP contribution is -2.55. The average Bonchev–Trinajstić information content (AvgIpc) is 3.23. The molecule has 8 nitrogen and oxygen atoms in total. The maximum atomic E-state index is 12.9. The van der Waals surface area contributed by atoms with Crippen molar-refractivity contribution in [1.29, 1.82) is 0 Å². The number of imidazole rings is 1. The molecule has 0 aliphatic carbocycles. The number of aryl methyl sites for hydroxylation is 1. The van der Waals surface area contributed by atoms with Crippen LogP contribution in [-0.4, -0.2) is 67.7 Å². The van der Waals surface area contributed by atoms with Crippen molar-refractivity contribution in [3.05, 3.63) is 42.0 Å². The van der Waals surface area contributed by atoms with Crippen molar-refractivity contribution in [2.45, 2.75) is 39.0 Å². The second kappa shape index (κ2) is 7.69. The van der Waals surface area contributed by atoms with Gasteiger partial charge in [-0.1, -0.05) is 0 Å². The molecule has 2 aliphatic rings. The molecule has 0 saturated carbocycles. The number of H-pyrrole nitrogens is 1. The van der Waals surface area contributed by atoms with E-state index in [1.165, 1.54) is 0 Å². The smallest absolute Gasteiger partial charge is 0.274 e. The van der Waals surface area contributed by atoms with Gasteiger partial charge in [0.1, 0.15) is 5.69 Å². The Bertz CT molecular complexity index is 835. The Morgan fingerprint density at radius 3 is 2.86 bits per heavy atom. The second-order valence-corrected chi connectivity index (χ2v) is 8.02. The molecule has 28 heavy (non-hydrogen) atoms. The van der Waals surface area contributed by atoms with E-state index in [1.54, 1.807) is 24.9 Å². The zero-order valence-electron chi connectivity index (χ0n) is 16.2. The Morgan fingerprint density at radius 1 is 1.21 bits per heavy atom. The summed E-state index contributed by atoms with van der Waals surface area (Å²) in [7, 11) is 0. The van der Waals surface area contributed by atoms with Crippen molar-refractivity contribution in [3.8, 4) is 0 Å². The fourth-order valence-corrected chi connectivity index (χ4v) is 4.36. The van der Waals surface area contributed by atoms with Crippen LogP contribution in [0, 0.1) is 12.3 Å². The van der Waals surface area contributed by atoms with E-state index >= 15 is 0 Å². The van der Waals surface area contributed by atoms with Gasteiger partial charge in [0.25, 0.3) is 5.91 Å². The zero-order valence-corrected chi connectivity index (χ0v) is 16.2. The van der Waals surface area contributed by atoms with Gasteiger partial charge in [-0.05, 0) is 26.2 Å². The highest BCUT2D eigenvalue weighted by Crippen LogP contribution is 2.39. The van der Waals surface area contributed by atoms with Gasteiger partial charge in [-0.15, -0.1) is 0 Å². The molecule has 1 N–H and O–H groups in total. The highest BCUT2D eigenvalue weighted by molar-refractivity contribution is 5.92. The van der Waals surface area contributed by atoms with Crippen LogP contribution in [0.5, 0.6) is 0 Å². The van der Waals surface area contributed by atoms with Crippen LogP contribution in [0.15, 0.2) is 24.9 Å². The molecule has 4 rings (SSSR count). The molecule has 0 radical (unpaired) electrons. The van der Waals surface area contributed by atoms with E-state index in [-0.39, 0.29) is 17.2 Å². The van der Waals surface area contributed by atoms with Crippen LogP contribution in [0.2, 0.25) is 0 Å². The molecule has 1 spiro atoms. The summed E-state index contributed by atoms with van der Waals surface area (Å²) in [5.74, 6) is 0.144. The molecule has 2 aromatic rings. The average molecular weight is 382 g/mol. The molecule has 8 heteroatoms. The van der Waals surface area contributed by atoms with Crippen LogP contribution in [0.25, 0.3) is 0 Å². The molecule has 2 saturated heterocycles. The van der Waals surface area contributed by atoms with Crippen LogP contribution in [0.1, 0.15) is 47.6 Å². The number of carbonyl (C=O) groups excluding carboxylic acids is 2. The molecule has 0 aromatic carbocycles. The Morgan fingerprint density at radius 2 is 2.11 bits per heavy atom. The summed E-state index contributed by atoms with van der Waals surface area (Å²) >= 11 is 0. The molecular weight excluding hydrogens is 356 g/mol. The maximum absolute atomic E-state index is 12.9. The Kier molecular flexibility index (Phi) is 5.11. The van der Waals surface area contributed by atoms with Gasteiger partial charge in [0.05, 0.1) is 18.2 Å². The first-order valence-corrected chi connectivity index (χ1v) is 9.88. The Labute approximate surface area is 164 Å². The third kappa shape index (κ3) is 3.90. The summed E-state index contributed by atoms with van der Waals surface area (Å²) in [6.45, 7) is 4.66. The van der Waals surface area contributed by atoms with Gasteiger partial charge >= 0.3 is 0 Å². The quantitative estimate of drug-likeness (QED) is 0.867. The number of carbonyl (C=O) groups is 2. The number of hydrogen-bond acceptors (Lipinski definition) is 5. The fourth-order valence-electron chi connectivity index (χ4n) is 4.36. The Balaban J connectivity index is 1.43. The molecule has 2 aliphatic heterocycles. The van der Waals surface area contributed by atoms with Crippen molar-refractivity contribution in [3.63, 3.8) is 0 Å². The number of piperidine rings is 2. The monoisotopic (exact) mass is 382 g/mol. The van der Waals surface area contributed by atoms with Gasteiger partial charge < -0.3 is 14.8 Å². The minimum absolute atomic E-state index is 0.0199. The van der Waals surface area contributed by atoms with E-state index in [0.29, 0.717) is 31.7 Å². The first kappa shape index (κ1) is 18.6. The van der Waals surface area contributed by atoms with Gasteiger partial charge in [0.2, 0.25) is 5.91 Å². The van der Waals surface area contributed by atoms with Gasteiger partial charge in [0, 0.05) is 62.5 Å². The predicted molar refractivity (Wildman–Crippen MR) is 102 cm³/mol. The zero-order chi connectivity index (χ0) is 19.6. The van der Waals surface area contributed by atoms with Gasteiger partial charge in [0.15, 0.2) is 0 Å². The fraction of sp³-hybridized carbons (Fsp3) is 0.550. The third-order valence-corrected chi connectivity index (χ3v) is 5.90. The lowest BCUT2D eigenvalue weighted by atomic mass is 9.73. The minimum atomic E-state index is -0.0625. The van der Waals surface area contributed by atoms with Crippen molar-refractivity contribution in [2.75, 3.05) is 26.2 Å².